The molecular formula is C11H12N2O3. The van der Waals surface area contributed by atoms with Crippen LogP contribution in [0.2, 0.25) is 0 Å². The SMILES string of the molecule is CNCC#Cc1cc(OC)ccc1[N+](=O)[O-]. The molecule has 16 heavy (non-hydrogen) atoms. The van der Waals surface area contributed by atoms with Gasteiger partial charge in [0.15, 0.2) is 0 Å². The average molecular weight is 220 g/mol. The minimum atomic E-state index is -0.456. The summed E-state index contributed by atoms with van der Waals surface area (Å²) in [6, 6.07) is 4.49. The van der Waals surface area contributed by atoms with E-state index in [4.69, 9.17) is 4.74 Å². The maximum atomic E-state index is 10.7. The molecule has 0 aliphatic carbocycles. The van der Waals surface area contributed by atoms with Crippen molar-refractivity contribution in [1.29, 1.82) is 0 Å². The van der Waals surface area contributed by atoms with E-state index >= 15 is 0 Å². The van der Waals surface area contributed by atoms with Crippen LogP contribution >= 0.6 is 0 Å². The fourth-order valence-corrected chi connectivity index (χ4v) is 1.13. The first-order valence-electron chi connectivity index (χ1n) is 4.65. The van der Waals surface area contributed by atoms with E-state index in [0.717, 1.165) is 0 Å². The second kappa shape index (κ2) is 5.73. The normalized spacial score (nSPS) is 9.12. The van der Waals surface area contributed by atoms with Crippen LogP contribution in [0, 0.1) is 22.0 Å². The average Bonchev–Trinajstić information content (AvgIpc) is 2.29. The monoisotopic (exact) mass is 220 g/mol. The first-order chi connectivity index (χ1) is 7.69. The zero-order valence-corrected chi connectivity index (χ0v) is 9.11. The summed E-state index contributed by atoms with van der Waals surface area (Å²) in [5.41, 5.74) is 0.351. The van der Waals surface area contributed by atoms with Gasteiger partial charge in [-0.1, -0.05) is 11.8 Å². The Balaban J connectivity index is 3.11. The van der Waals surface area contributed by atoms with Crippen LogP contribution in [-0.2, 0) is 0 Å². The van der Waals surface area contributed by atoms with Crippen molar-refractivity contribution in [3.05, 3.63) is 33.9 Å². The van der Waals surface area contributed by atoms with Crippen LogP contribution in [-0.4, -0.2) is 25.6 Å². The van der Waals surface area contributed by atoms with Crippen LogP contribution in [0.3, 0.4) is 0 Å². The Kier molecular flexibility index (Phi) is 4.30. The Morgan fingerprint density at radius 3 is 2.88 bits per heavy atom. The Hall–Kier alpha value is -2.06. The number of nitrogens with zero attached hydrogens (tertiary/aromatic N) is 1. The van der Waals surface area contributed by atoms with E-state index in [1.54, 1.807) is 19.2 Å². The van der Waals surface area contributed by atoms with Crippen LogP contribution in [0.15, 0.2) is 18.2 Å². The quantitative estimate of drug-likeness (QED) is 0.472. The van der Waals surface area contributed by atoms with E-state index in [1.165, 1.54) is 13.2 Å². The molecule has 5 nitrogen and oxygen atoms in total. The minimum Gasteiger partial charge on any atom is -0.497 e. The molecule has 1 aromatic rings. The fourth-order valence-electron chi connectivity index (χ4n) is 1.13. The van der Waals surface area contributed by atoms with Gasteiger partial charge >= 0.3 is 0 Å². The molecule has 0 saturated heterocycles. The van der Waals surface area contributed by atoms with Gasteiger partial charge in [-0.25, -0.2) is 0 Å². The highest BCUT2D eigenvalue weighted by Gasteiger charge is 2.12. The van der Waals surface area contributed by atoms with Gasteiger partial charge in [0.1, 0.15) is 11.3 Å². The van der Waals surface area contributed by atoms with Gasteiger partial charge in [0.25, 0.3) is 5.69 Å². The Morgan fingerprint density at radius 1 is 1.56 bits per heavy atom. The molecule has 0 amide bonds. The molecule has 1 aromatic carbocycles. The first kappa shape index (κ1) is 12.0. The van der Waals surface area contributed by atoms with Crippen LogP contribution in [0.25, 0.3) is 0 Å². The number of hydrogen-bond donors (Lipinski definition) is 1. The molecule has 0 radical (unpaired) electrons. The number of methoxy groups -OCH3 is 1. The highest BCUT2D eigenvalue weighted by Crippen LogP contribution is 2.22. The summed E-state index contributed by atoms with van der Waals surface area (Å²) in [4.78, 5) is 10.3. The lowest BCUT2D eigenvalue weighted by molar-refractivity contribution is -0.385. The summed E-state index contributed by atoms with van der Waals surface area (Å²) < 4.78 is 4.99. The molecule has 0 unspecified atom stereocenters. The molecule has 0 bridgehead atoms. The molecule has 0 aromatic heterocycles. The van der Waals surface area contributed by atoms with Crippen LogP contribution < -0.4 is 10.1 Å². The van der Waals surface area contributed by atoms with Crippen molar-refractivity contribution in [1.82, 2.24) is 5.32 Å². The van der Waals surface area contributed by atoms with E-state index in [2.05, 4.69) is 17.2 Å². The number of ether oxygens (including phenoxy) is 1. The highest BCUT2D eigenvalue weighted by atomic mass is 16.6. The lowest BCUT2D eigenvalue weighted by Crippen LogP contribution is -2.04. The van der Waals surface area contributed by atoms with E-state index in [0.29, 0.717) is 17.9 Å². The maximum absolute atomic E-state index is 10.7. The molecule has 1 N–H and O–H groups in total. The molecule has 0 fully saturated rings. The van der Waals surface area contributed by atoms with Gasteiger partial charge in [-0.05, 0) is 13.1 Å². The van der Waals surface area contributed by atoms with Crippen molar-refractivity contribution in [2.75, 3.05) is 20.7 Å². The standard InChI is InChI=1S/C11H12N2O3/c1-12-7-3-4-9-8-10(16-2)5-6-11(9)13(14)15/h5-6,8,12H,7H2,1-2H3. The van der Waals surface area contributed by atoms with Gasteiger partial charge in [0.2, 0.25) is 0 Å². The van der Waals surface area contributed by atoms with Gasteiger partial charge in [-0.3, -0.25) is 10.1 Å². The largest absolute Gasteiger partial charge is 0.497 e. The highest BCUT2D eigenvalue weighted by molar-refractivity contribution is 5.54. The molecule has 0 atom stereocenters. The zero-order valence-electron chi connectivity index (χ0n) is 9.11. The Labute approximate surface area is 93.6 Å². The fraction of sp³-hybridized carbons (Fsp3) is 0.273. The summed E-state index contributed by atoms with van der Waals surface area (Å²) in [5, 5.41) is 13.6. The molecular weight excluding hydrogens is 208 g/mol. The maximum Gasteiger partial charge on any atom is 0.285 e. The summed E-state index contributed by atoms with van der Waals surface area (Å²) in [7, 11) is 3.26. The molecule has 1 rings (SSSR count). The van der Waals surface area contributed by atoms with Crippen LogP contribution in [0.4, 0.5) is 5.69 Å². The molecule has 0 aliphatic rings. The van der Waals surface area contributed by atoms with Crippen molar-refractivity contribution < 1.29 is 9.66 Å². The summed E-state index contributed by atoms with van der Waals surface area (Å²) >= 11 is 0. The molecule has 0 heterocycles. The molecule has 0 aliphatic heterocycles. The van der Waals surface area contributed by atoms with E-state index in [9.17, 15) is 10.1 Å². The zero-order chi connectivity index (χ0) is 12.0. The van der Waals surface area contributed by atoms with Gasteiger partial charge in [0, 0.05) is 12.1 Å². The van der Waals surface area contributed by atoms with Gasteiger partial charge < -0.3 is 10.1 Å². The molecule has 0 saturated carbocycles. The number of nitro groups is 1. The third kappa shape index (κ3) is 2.97. The number of nitro benzene ring substituents is 1. The summed E-state index contributed by atoms with van der Waals surface area (Å²) in [5.74, 6) is 6.07. The van der Waals surface area contributed by atoms with Crippen molar-refractivity contribution >= 4 is 5.69 Å². The number of nitrogens with one attached hydrogen (secondary N) is 1. The van der Waals surface area contributed by atoms with Gasteiger partial charge in [-0.15, -0.1) is 0 Å². The lowest BCUT2D eigenvalue weighted by Gasteiger charge is -2.00. The third-order valence-corrected chi connectivity index (χ3v) is 1.89. The smallest absolute Gasteiger partial charge is 0.285 e. The van der Waals surface area contributed by atoms with E-state index in [1.807, 2.05) is 0 Å². The minimum absolute atomic E-state index is 0.00981. The summed E-state index contributed by atoms with van der Waals surface area (Å²) in [6.45, 7) is 0.481. The second-order valence-electron chi connectivity index (χ2n) is 2.97. The molecule has 0 spiro atoms. The summed E-state index contributed by atoms with van der Waals surface area (Å²) in [6.07, 6.45) is 0. The Morgan fingerprint density at radius 2 is 2.31 bits per heavy atom. The van der Waals surface area contributed by atoms with Crippen molar-refractivity contribution in [2.24, 2.45) is 0 Å². The molecule has 5 heteroatoms. The van der Waals surface area contributed by atoms with Crippen molar-refractivity contribution in [3.8, 4) is 17.6 Å². The number of benzene rings is 1. The lowest BCUT2D eigenvalue weighted by atomic mass is 10.1. The van der Waals surface area contributed by atoms with Crippen LogP contribution in [0.5, 0.6) is 5.75 Å². The van der Waals surface area contributed by atoms with E-state index in [-0.39, 0.29) is 5.69 Å². The van der Waals surface area contributed by atoms with Crippen molar-refractivity contribution in [3.63, 3.8) is 0 Å². The molecule has 84 valence electrons. The number of hydrogen-bond acceptors (Lipinski definition) is 4. The van der Waals surface area contributed by atoms with E-state index < -0.39 is 4.92 Å². The van der Waals surface area contributed by atoms with Crippen molar-refractivity contribution in [2.45, 2.75) is 0 Å². The van der Waals surface area contributed by atoms with Gasteiger partial charge in [0.05, 0.1) is 18.6 Å². The predicted molar refractivity (Wildman–Crippen MR) is 60.5 cm³/mol. The van der Waals surface area contributed by atoms with Crippen LogP contribution in [0.1, 0.15) is 5.56 Å². The second-order valence-corrected chi connectivity index (χ2v) is 2.97. The topological polar surface area (TPSA) is 64.4 Å². The predicted octanol–water partition coefficient (Wildman–Crippen LogP) is 1.17. The Bertz CT molecular complexity index is 446. The van der Waals surface area contributed by atoms with Gasteiger partial charge in [-0.2, -0.15) is 0 Å². The number of rotatable bonds is 3. The third-order valence-electron chi connectivity index (χ3n) is 1.89. The first-order valence-corrected chi connectivity index (χ1v) is 4.65.